The third-order valence-electron chi connectivity index (χ3n) is 2.91. The van der Waals surface area contributed by atoms with Gasteiger partial charge in [-0.15, -0.1) is 0 Å². The molecule has 0 spiro atoms. The lowest BCUT2D eigenvalue weighted by atomic mass is 10.1. The number of nitrogens with one attached hydrogen (secondary N) is 3. The van der Waals surface area contributed by atoms with E-state index in [0.717, 1.165) is 6.42 Å². The molecule has 8 heteroatoms. The summed E-state index contributed by atoms with van der Waals surface area (Å²) in [7, 11) is -3.70. The summed E-state index contributed by atoms with van der Waals surface area (Å²) in [5, 5.41) is 2.63. The van der Waals surface area contributed by atoms with E-state index in [1.807, 2.05) is 0 Å². The average Bonchev–Trinajstić information content (AvgIpc) is 2.41. The Kier molecular flexibility index (Phi) is 4.03. The molecule has 0 bridgehead atoms. The van der Waals surface area contributed by atoms with Gasteiger partial charge in [-0.25, -0.2) is 8.42 Å². The molecule has 0 saturated carbocycles. The predicted molar refractivity (Wildman–Crippen MR) is 70.6 cm³/mol. The van der Waals surface area contributed by atoms with E-state index >= 15 is 0 Å². The first kappa shape index (κ1) is 13.8. The molecule has 1 atom stereocenters. The van der Waals surface area contributed by atoms with Crippen molar-refractivity contribution in [1.29, 1.82) is 0 Å². The molecule has 7 nitrogen and oxygen atoms in total. The highest BCUT2D eigenvalue weighted by Gasteiger charge is 2.27. The van der Waals surface area contributed by atoms with Crippen molar-refractivity contribution in [2.75, 3.05) is 12.0 Å². The van der Waals surface area contributed by atoms with Crippen LogP contribution in [0.25, 0.3) is 0 Å². The highest BCUT2D eigenvalue weighted by Crippen LogP contribution is 2.15. The molecule has 104 valence electrons. The molecule has 1 fully saturated rings. The molecule has 5 N–H and O–H groups in total. The van der Waals surface area contributed by atoms with Crippen molar-refractivity contribution in [3.63, 3.8) is 0 Å². The first-order chi connectivity index (χ1) is 9.03. The molecule has 19 heavy (non-hydrogen) atoms. The van der Waals surface area contributed by atoms with Crippen molar-refractivity contribution in [2.45, 2.75) is 23.8 Å². The van der Waals surface area contributed by atoms with Crippen LogP contribution in [0.1, 0.15) is 12.8 Å². The van der Waals surface area contributed by atoms with Gasteiger partial charge >= 0.3 is 0 Å². The number of piperidine rings is 1. The fraction of sp³-hybridized carbons (Fsp3) is 0.364. The van der Waals surface area contributed by atoms with Crippen LogP contribution in [0.5, 0.6) is 0 Å². The Morgan fingerprint density at radius 1 is 1.26 bits per heavy atom. The number of sulfonamides is 1. The van der Waals surface area contributed by atoms with Gasteiger partial charge in [-0.05, 0) is 37.1 Å². The van der Waals surface area contributed by atoms with Gasteiger partial charge in [0.1, 0.15) is 6.04 Å². The molecule has 1 saturated heterocycles. The topological polar surface area (TPSA) is 113 Å². The van der Waals surface area contributed by atoms with Crippen molar-refractivity contribution < 1.29 is 13.2 Å². The minimum atomic E-state index is -3.70. The number of amides is 1. The van der Waals surface area contributed by atoms with Crippen LogP contribution < -0.4 is 21.3 Å². The number of rotatable bonds is 4. The highest BCUT2D eigenvalue weighted by atomic mass is 32.2. The third kappa shape index (κ3) is 3.22. The lowest BCUT2D eigenvalue weighted by molar-refractivity contribution is -0.124. The first-order valence-corrected chi connectivity index (χ1v) is 7.38. The molecule has 1 aliphatic rings. The fourth-order valence-electron chi connectivity index (χ4n) is 1.87. The standard InChI is InChI=1S/C11H16N4O3S/c12-14-8-3-5-9(6-4-8)19(17,18)15-10-2-1-7-13-11(10)16/h3-6,10,14-15H,1-2,7,12H2,(H,13,16). The minimum Gasteiger partial charge on any atom is -0.355 e. The summed E-state index contributed by atoms with van der Waals surface area (Å²) < 4.78 is 26.6. The number of nitrogens with two attached hydrogens (primary N) is 1. The second-order valence-electron chi connectivity index (χ2n) is 4.28. The second-order valence-corrected chi connectivity index (χ2v) is 5.99. The Hall–Kier alpha value is -1.64. The monoisotopic (exact) mass is 284 g/mol. The Morgan fingerprint density at radius 2 is 1.95 bits per heavy atom. The summed E-state index contributed by atoms with van der Waals surface area (Å²) in [5.74, 6) is 4.93. The summed E-state index contributed by atoms with van der Waals surface area (Å²) in [4.78, 5) is 11.6. The van der Waals surface area contributed by atoms with E-state index in [1.165, 1.54) is 12.1 Å². The van der Waals surface area contributed by atoms with Gasteiger partial charge in [-0.1, -0.05) is 0 Å². The van der Waals surface area contributed by atoms with Crippen LogP contribution >= 0.6 is 0 Å². The van der Waals surface area contributed by atoms with E-state index < -0.39 is 16.1 Å². The maximum absolute atomic E-state index is 12.1. The van der Waals surface area contributed by atoms with Gasteiger partial charge in [0.05, 0.1) is 4.90 Å². The Balaban J connectivity index is 2.14. The van der Waals surface area contributed by atoms with Crippen molar-refractivity contribution >= 4 is 21.6 Å². The Bertz CT molecular complexity index is 556. The SMILES string of the molecule is NNc1ccc(S(=O)(=O)NC2CCCNC2=O)cc1. The molecule has 1 heterocycles. The molecule has 0 radical (unpaired) electrons. The smallest absolute Gasteiger partial charge is 0.241 e. The summed E-state index contributed by atoms with van der Waals surface area (Å²) in [5.41, 5.74) is 3.02. The molecule has 0 aliphatic carbocycles. The van der Waals surface area contributed by atoms with E-state index in [0.29, 0.717) is 18.7 Å². The Labute approximate surface area is 111 Å². The number of hydrazine groups is 1. The summed E-state index contributed by atoms with van der Waals surface area (Å²) in [6, 6.07) is 5.26. The van der Waals surface area contributed by atoms with Gasteiger partial charge < -0.3 is 10.7 Å². The fourth-order valence-corrected chi connectivity index (χ4v) is 3.10. The highest BCUT2D eigenvalue weighted by molar-refractivity contribution is 7.89. The van der Waals surface area contributed by atoms with E-state index in [4.69, 9.17) is 5.84 Å². The zero-order valence-corrected chi connectivity index (χ0v) is 11.0. The molecule has 0 aromatic heterocycles. The van der Waals surface area contributed by atoms with Gasteiger partial charge in [-0.2, -0.15) is 4.72 Å². The lowest BCUT2D eigenvalue weighted by Gasteiger charge is -2.22. The van der Waals surface area contributed by atoms with Crippen LogP contribution in [0.15, 0.2) is 29.2 Å². The molecular formula is C11H16N4O3S. The number of carbonyl (C=O) groups is 1. The zero-order valence-electron chi connectivity index (χ0n) is 10.2. The maximum atomic E-state index is 12.1. The molecule has 1 unspecified atom stereocenters. The van der Waals surface area contributed by atoms with Crippen molar-refractivity contribution in [3.8, 4) is 0 Å². The number of anilines is 1. The largest absolute Gasteiger partial charge is 0.355 e. The number of hydrogen-bond acceptors (Lipinski definition) is 5. The van der Waals surface area contributed by atoms with Gasteiger partial charge in [0.25, 0.3) is 0 Å². The number of benzene rings is 1. The third-order valence-corrected chi connectivity index (χ3v) is 4.40. The molecule has 1 aromatic carbocycles. The summed E-state index contributed by atoms with van der Waals surface area (Å²) in [6.07, 6.45) is 1.27. The predicted octanol–water partition coefficient (Wildman–Crippen LogP) is -0.471. The van der Waals surface area contributed by atoms with Crippen LogP contribution in [0.2, 0.25) is 0 Å². The van der Waals surface area contributed by atoms with Gasteiger partial charge in [-0.3, -0.25) is 10.6 Å². The lowest BCUT2D eigenvalue weighted by Crippen LogP contribution is -2.50. The Morgan fingerprint density at radius 3 is 2.53 bits per heavy atom. The van der Waals surface area contributed by atoms with E-state index in [9.17, 15) is 13.2 Å². The van der Waals surface area contributed by atoms with Crippen molar-refractivity contribution in [2.24, 2.45) is 5.84 Å². The van der Waals surface area contributed by atoms with Gasteiger partial charge in [0.2, 0.25) is 15.9 Å². The second kappa shape index (κ2) is 5.55. The minimum absolute atomic E-state index is 0.102. The molecule has 1 aliphatic heterocycles. The summed E-state index contributed by atoms with van der Waals surface area (Å²) >= 11 is 0. The van der Waals surface area contributed by atoms with Crippen LogP contribution in [-0.4, -0.2) is 26.9 Å². The van der Waals surface area contributed by atoms with Crippen LogP contribution in [0.4, 0.5) is 5.69 Å². The van der Waals surface area contributed by atoms with Crippen molar-refractivity contribution in [3.05, 3.63) is 24.3 Å². The quantitative estimate of drug-likeness (QED) is 0.441. The first-order valence-electron chi connectivity index (χ1n) is 5.89. The maximum Gasteiger partial charge on any atom is 0.241 e. The molecule has 1 amide bonds. The molecule has 1 aromatic rings. The average molecular weight is 284 g/mol. The van der Waals surface area contributed by atoms with Crippen LogP contribution in [0, 0.1) is 0 Å². The molecule has 2 rings (SSSR count). The van der Waals surface area contributed by atoms with E-state index in [1.54, 1.807) is 12.1 Å². The van der Waals surface area contributed by atoms with Gasteiger partial charge in [0.15, 0.2) is 0 Å². The number of carbonyl (C=O) groups excluding carboxylic acids is 1. The van der Waals surface area contributed by atoms with Gasteiger partial charge in [0, 0.05) is 12.2 Å². The molecular weight excluding hydrogens is 268 g/mol. The summed E-state index contributed by atoms with van der Waals surface area (Å²) in [6.45, 7) is 0.591. The van der Waals surface area contributed by atoms with Crippen LogP contribution in [-0.2, 0) is 14.8 Å². The van der Waals surface area contributed by atoms with Crippen molar-refractivity contribution in [1.82, 2.24) is 10.0 Å². The normalized spacial score (nSPS) is 19.8. The van der Waals surface area contributed by atoms with E-state index in [2.05, 4.69) is 15.5 Å². The van der Waals surface area contributed by atoms with E-state index in [-0.39, 0.29) is 10.8 Å². The zero-order chi connectivity index (χ0) is 13.9. The number of hydrogen-bond donors (Lipinski definition) is 4. The number of nitrogen functional groups attached to an aromatic ring is 1. The van der Waals surface area contributed by atoms with Crippen LogP contribution in [0.3, 0.4) is 0 Å².